The summed E-state index contributed by atoms with van der Waals surface area (Å²) in [7, 11) is 0. The van der Waals surface area contributed by atoms with Crippen molar-refractivity contribution in [1.29, 1.82) is 0 Å². The Balaban J connectivity index is 1.61. The minimum absolute atomic E-state index is 0.128. The van der Waals surface area contributed by atoms with E-state index >= 15 is 0 Å². The lowest BCUT2D eigenvalue weighted by Crippen LogP contribution is -2.37. The normalized spacial score (nSPS) is 11.5. The fourth-order valence-electron chi connectivity index (χ4n) is 3.26. The zero-order valence-electron chi connectivity index (χ0n) is 17.2. The molecule has 6 heteroatoms. The number of benzene rings is 2. The zero-order valence-corrected chi connectivity index (χ0v) is 17.2. The molecule has 31 heavy (non-hydrogen) atoms. The van der Waals surface area contributed by atoms with Crippen LogP contribution in [0.1, 0.15) is 11.3 Å². The number of amides is 1. The maximum Gasteiger partial charge on any atom is 0.247 e. The lowest BCUT2D eigenvalue weighted by Gasteiger charge is -2.20. The number of nitrogens with one attached hydrogen (secondary N) is 2. The van der Waals surface area contributed by atoms with E-state index in [4.69, 9.17) is 0 Å². The molecular formula is C25H23N5O. The van der Waals surface area contributed by atoms with Crippen molar-refractivity contribution in [3.05, 3.63) is 103 Å². The summed E-state index contributed by atoms with van der Waals surface area (Å²) in [6.45, 7) is 1.91. The number of para-hydroxylation sites is 1. The second-order valence-electron chi connectivity index (χ2n) is 7.20. The number of hydrogen-bond acceptors (Lipinski definition) is 5. The van der Waals surface area contributed by atoms with Crippen LogP contribution >= 0.6 is 0 Å². The Bertz CT molecular complexity index is 1130. The molecule has 0 fully saturated rings. The minimum atomic E-state index is -0.512. The molecule has 0 aliphatic heterocycles. The Morgan fingerprint density at radius 2 is 1.58 bits per heavy atom. The number of hydrogen-bond donors (Lipinski definition) is 2. The van der Waals surface area contributed by atoms with Gasteiger partial charge in [-0.25, -0.2) is 9.97 Å². The van der Waals surface area contributed by atoms with Gasteiger partial charge in [-0.2, -0.15) is 0 Å². The predicted octanol–water partition coefficient (Wildman–Crippen LogP) is 4.51. The van der Waals surface area contributed by atoms with Crippen molar-refractivity contribution in [2.24, 2.45) is 0 Å². The third kappa shape index (κ3) is 5.51. The fourth-order valence-corrected chi connectivity index (χ4v) is 3.26. The molecule has 2 aromatic carbocycles. The van der Waals surface area contributed by atoms with Gasteiger partial charge < -0.3 is 10.6 Å². The van der Waals surface area contributed by atoms with E-state index in [1.807, 2.05) is 85.8 Å². The highest BCUT2D eigenvalue weighted by atomic mass is 16.2. The van der Waals surface area contributed by atoms with Crippen molar-refractivity contribution in [1.82, 2.24) is 15.0 Å². The molecule has 0 saturated heterocycles. The van der Waals surface area contributed by atoms with Crippen LogP contribution < -0.4 is 10.6 Å². The Morgan fingerprint density at radius 1 is 0.903 bits per heavy atom. The monoisotopic (exact) mass is 409 g/mol. The van der Waals surface area contributed by atoms with Crippen LogP contribution in [0.3, 0.4) is 0 Å². The standard InChI is InChI=1S/C25H23N5O/c1-18-16-23(30-24(27-18)20-12-14-26-15-13-20)29-22(17-19-8-4-2-5-9-19)25(31)28-21-10-6-3-7-11-21/h2-16,22H,17H2,1H3,(H,28,31)(H,27,29,30)/t22-/m1/s1. The quantitative estimate of drug-likeness (QED) is 0.469. The summed E-state index contributed by atoms with van der Waals surface area (Å²) in [5.74, 6) is 1.06. The van der Waals surface area contributed by atoms with Gasteiger partial charge in [0.25, 0.3) is 0 Å². The van der Waals surface area contributed by atoms with Crippen LogP contribution in [0, 0.1) is 6.92 Å². The van der Waals surface area contributed by atoms with Crippen LogP contribution in [0.2, 0.25) is 0 Å². The Morgan fingerprint density at radius 3 is 2.29 bits per heavy atom. The van der Waals surface area contributed by atoms with Gasteiger partial charge in [-0.05, 0) is 36.8 Å². The van der Waals surface area contributed by atoms with Gasteiger partial charge in [0, 0.05) is 41.8 Å². The van der Waals surface area contributed by atoms with E-state index < -0.39 is 6.04 Å². The highest BCUT2D eigenvalue weighted by Crippen LogP contribution is 2.19. The number of carbonyl (C=O) groups is 1. The molecule has 0 aliphatic carbocycles. The molecule has 0 unspecified atom stereocenters. The lowest BCUT2D eigenvalue weighted by molar-refractivity contribution is -0.116. The first-order chi connectivity index (χ1) is 15.2. The largest absolute Gasteiger partial charge is 0.358 e. The molecule has 4 aromatic rings. The summed E-state index contributed by atoms with van der Waals surface area (Å²) in [6, 6.07) is 24.4. The summed E-state index contributed by atoms with van der Waals surface area (Å²) in [4.78, 5) is 26.4. The summed E-state index contributed by atoms with van der Waals surface area (Å²) >= 11 is 0. The number of pyridine rings is 1. The molecule has 2 heterocycles. The van der Waals surface area contributed by atoms with Crippen LogP contribution in [-0.2, 0) is 11.2 Å². The lowest BCUT2D eigenvalue weighted by atomic mass is 10.0. The molecule has 0 radical (unpaired) electrons. The maximum absolute atomic E-state index is 13.1. The van der Waals surface area contributed by atoms with Crippen LogP contribution in [-0.4, -0.2) is 26.9 Å². The molecule has 1 amide bonds. The topological polar surface area (TPSA) is 79.8 Å². The average Bonchev–Trinajstić information content (AvgIpc) is 2.80. The van der Waals surface area contributed by atoms with E-state index in [0.717, 1.165) is 22.5 Å². The van der Waals surface area contributed by atoms with Crippen LogP contribution in [0.4, 0.5) is 11.5 Å². The summed E-state index contributed by atoms with van der Waals surface area (Å²) < 4.78 is 0. The number of carbonyl (C=O) groups excluding carboxylic acids is 1. The van der Waals surface area contributed by atoms with Crippen molar-refractivity contribution in [3.63, 3.8) is 0 Å². The first-order valence-electron chi connectivity index (χ1n) is 10.1. The van der Waals surface area contributed by atoms with E-state index in [-0.39, 0.29) is 5.91 Å². The van der Waals surface area contributed by atoms with Crippen molar-refractivity contribution in [2.45, 2.75) is 19.4 Å². The Hall–Kier alpha value is -4.06. The molecule has 1 atom stereocenters. The molecule has 2 aromatic heterocycles. The van der Waals surface area contributed by atoms with Crippen molar-refractivity contribution in [2.75, 3.05) is 10.6 Å². The summed E-state index contributed by atoms with van der Waals surface area (Å²) in [6.07, 6.45) is 3.94. The highest BCUT2D eigenvalue weighted by Gasteiger charge is 2.20. The third-order valence-corrected chi connectivity index (χ3v) is 4.76. The summed E-state index contributed by atoms with van der Waals surface area (Å²) in [5.41, 5.74) is 3.49. The molecular weight excluding hydrogens is 386 g/mol. The van der Waals surface area contributed by atoms with E-state index in [0.29, 0.717) is 18.1 Å². The van der Waals surface area contributed by atoms with E-state index in [1.54, 1.807) is 12.4 Å². The number of aromatic nitrogens is 3. The summed E-state index contributed by atoms with van der Waals surface area (Å²) in [5, 5.41) is 6.31. The minimum Gasteiger partial charge on any atom is -0.358 e. The van der Waals surface area contributed by atoms with E-state index in [2.05, 4.69) is 25.6 Å². The second kappa shape index (κ2) is 9.63. The van der Waals surface area contributed by atoms with Gasteiger partial charge in [0.1, 0.15) is 11.9 Å². The molecule has 0 aliphatic rings. The van der Waals surface area contributed by atoms with Gasteiger partial charge >= 0.3 is 0 Å². The first kappa shape index (κ1) is 20.2. The van der Waals surface area contributed by atoms with Gasteiger partial charge in [0.15, 0.2) is 5.82 Å². The molecule has 0 bridgehead atoms. The maximum atomic E-state index is 13.1. The SMILES string of the molecule is Cc1cc(N[C@H](Cc2ccccc2)C(=O)Nc2ccccc2)nc(-c2ccncc2)n1. The van der Waals surface area contributed by atoms with Gasteiger partial charge in [-0.1, -0.05) is 48.5 Å². The van der Waals surface area contributed by atoms with Crippen molar-refractivity contribution < 1.29 is 4.79 Å². The molecule has 154 valence electrons. The van der Waals surface area contributed by atoms with Gasteiger partial charge in [0.2, 0.25) is 5.91 Å². The van der Waals surface area contributed by atoms with E-state index in [9.17, 15) is 4.79 Å². The molecule has 6 nitrogen and oxygen atoms in total. The van der Waals surface area contributed by atoms with Gasteiger partial charge in [-0.3, -0.25) is 9.78 Å². The van der Waals surface area contributed by atoms with Gasteiger partial charge in [0.05, 0.1) is 0 Å². The van der Waals surface area contributed by atoms with Crippen LogP contribution in [0.25, 0.3) is 11.4 Å². The zero-order chi connectivity index (χ0) is 21.5. The average molecular weight is 409 g/mol. The molecule has 0 spiro atoms. The van der Waals surface area contributed by atoms with Crippen LogP contribution in [0.5, 0.6) is 0 Å². The molecule has 2 N–H and O–H groups in total. The van der Waals surface area contributed by atoms with Gasteiger partial charge in [-0.15, -0.1) is 0 Å². The van der Waals surface area contributed by atoms with E-state index in [1.165, 1.54) is 0 Å². The van der Waals surface area contributed by atoms with Crippen LogP contribution in [0.15, 0.2) is 91.3 Å². The third-order valence-electron chi connectivity index (χ3n) is 4.76. The first-order valence-corrected chi connectivity index (χ1v) is 10.1. The number of rotatable bonds is 7. The highest BCUT2D eigenvalue weighted by molar-refractivity contribution is 5.96. The smallest absolute Gasteiger partial charge is 0.247 e. The predicted molar refractivity (Wildman–Crippen MR) is 123 cm³/mol. The molecule has 0 saturated carbocycles. The Kier molecular flexibility index (Phi) is 6.28. The number of anilines is 2. The fraction of sp³-hybridized carbons (Fsp3) is 0.120. The second-order valence-corrected chi connectivity index (χ2v) is 7.20. The Labute approximate surface area is 181 Å². The molecule has 4 rings (SSSR count). The number of nitrogens with zero attached hydrogens (tertiary/aromatic N) is 3. The van der Waals surface area contributed by atoms with Crippen molar-refractivity contribution in [3.8, 4) is 11.4 Å². The van der Waals surface area contributed by atoms with Crippen molar-refractivity contribution >= 4 is 17.4 Å². The number of aryl methyl sites for hydroxylation is 1.